The minimum Gasteiger partial charge on any atom is -0.350 e. The molecule has 0 saturated carbocycles. The van der Waals surface area contributed by atoms with Crippen LogP contribution in [-0.4, -0.2) is 32.4 Å². The molecular weight excluding hydrogens is 225 g/mol. The van der Waals surface area contributed by atoms with Crippen molar-refractivity contribution >= 4 is 5.91 Å². The summed E-state index contributed by atoms with van der Waals surface area (Å²) in [6.45, 7) is 0.836. The number of hydrogen-bond acceptors (Lipinski definition) is 4. The van der Waals surface area contributed by atoms with Gasteiger partial charge in [0.25, 0.3) is 5.91 Å². The first-order valence-corrected chi connectivity index (χ1v) is 4.99. The molecule has 0 radical (unpaired) electrons. The maximum atomic E-state index is 13.2. The molecule has 2 aromatic rings. The fraction of sp³-hybridized carbons (Fsp3) is 0.200. The van der Waals surface area contributed by atoms with Crippen molar-refractivity contribution in [2.24, 2.45) is 0 Å². The molecule has 2 aromatic heterocycles. The van der Waals surface area contributed by atoms with Crippen molar-refractivity contribution in [3.05, 3.63) is 42.2 Å². The Hall–Kier alpha value is -2.31. The van der Waals surface area contributed by atoms with Gasteiger partial charge in [0.05, 0.1) is 24.5 Å². The molecule has 0 aliphatic rings. The van der Waals surface area contributed by atoms with E-state index in [-0.39, 0.29) is 5.56 Å². The largest absolute Gasteiger partial charge is 0.350 e. The molecule has 0 saturated heterocycles. The second kappa shape index (κ2) is 5.15. The minimum absolute atomic E-state index is 0.0152. The van der Waals surface area contributed by atoms with Gasteiger partial charge in [0.1, 0.15) is 0 Å². The van der Waals surface area contributed by atoms with Crippen LogP contribution in [0, 0.1) is 5.82 Å². The fourth-order valence-electron chi connectivity index (χ4n) is 1.29. The van der Waals surface area contributed by atoms with Crippen molar-refractivity contribution in [1.29, 1.82) is 0 Å². The molecule has 88 valence electrons. The standard InChI is InChI=1S/C10H10FN5O/c11-9-7-12-2-1-8(9)10(17)13-3-5-16-6-4-14-15-16/h1-2,4,6-7H,3,5H2,(H,13,17). The molecule has 2 heterocycles. The van der Waals surface area contributed by atoms with Crippen LogP contribution in [0.2, 0.25) is 0 Å². The van der Waals surface area contributed by atoms with E-state index < -0.39 is 11.7 Å². The maximum Gasteiger partial charge on any atom is 0.254 e. The Kier molecular flexibility index (Phi) is 3.39. The summed E-state index contributed by atoms with van der Waals surface area (Å²) in [6.07, 6.45) is 5.60. The lowest BCUT2D eigenvalue weighted by Gasteiger charge is -2.05. The highest BCUT2D eigenvalue weighted by molar-refractivity contribution is 5.94. The topological polar surface area (TPSA) is 72.7 Å². The number of nitrogens with one attached hydrogen (secondary N) is 1. The quantitative estimate of drug-likeness (QED) is 0.824. The first-order valence-electron chi connectivity index (χ1n) is 4.99. The van der Waals surface area contributed by atoms with Crippen LogP contribution in [0.25, 0.3) is 0 Å². The molecule has 6 nitrogen and oxygen atoms in total. The lowest BCUT2D eigenvalue weighted by Crippen LogP contribution is -2.28. The average Bonchev–Trinajstić information content (AvgIpc) is 2.82. The summed E-state index contributed by atoms with van der Waals surface area (Å²) in [7, 11) is 0. The third kappa shape index (κ3) is 2.83. The van der Waals surface area contributed by atoms with Crippen molar-refractivity contribution in [1.82, 2.24) is 25.3 Å². The molecule has 0 unspecified atom stereocenters. The fourth-order valence-corrected chi connectivity index (χ4v) is 1.29. The van der Waals surface area contributed by atoms with Gasteiger partial charge in [0.15, 0.2) is 5.82 Å². The Morgan fingerprint density at radius 2 is 2.35 bits per heavy atom. The third-order valence-corrected chi connectivity index (χ3v) is 2.12. The monoisotopic (exact) mass is 235 g/mol. The van der Waals surface area contributed by atoms with Crippen LogP contribution >= 0.6 is 0 Å². The van der Waals surface area contributed by atoms with Gasteiger partial charge in [-0.1, -0.05) is 5.21 Å². The zero-order chi connectivity index (χ0) is 12.1. The Morgan fingerprint density at radius 3 is 3.06 bits per heavy atom. The lowest BCUT2D eigenvalue weighted by molar-refractivity contribution is 0.0947. The lowest BCUT2D eigenvalue weighted by atomic mass is 10.2. The number of pyridine rings is 1. The highest BCUT2D eigenvalue weighted by atomic mass is 19.1. The Morgan fingerprint density at radius 1 is 1.47 bits per heavy atom. The molecule has 0 bridgehead atoms. The zero-order valence-electron chi connectivity index (χ0n) is 8.88. The summed E-state index contributed by atoms with van der Waals surface area (Å²) in [5.41, 5.74) is -0.0152. The minimum atomic E-state index is -0.634. The first-order chi connectivity index (χ1) is 8.27. The van der Waals surface area contributed by atoms with Gasteiger partial charge >= 0.3 is 0 Å². The normalized spacial score (nSPS) is 10.2. The van der Waals surface area contributed by atoms with E-state index in [1.807, 2.05) is 0 Å². The van der Waals surface area contributed by atoms with Gasteiger partial charge in [-0.05, 0) is 6.07 Å². The zero-order valence-corrected chi connectivity index (χ0v) is 8.88. The maximum absolute atomic E-state index is 13.2. The average molecular weight is 235 g/mol. The summed E-state index contributed by atoms with van der Waals surface area (Å²) in [4.78, 5) is 15.1. The van der Waals surface area contributed by atoms with Crippen LogP contribution in [0.1, 0.15) is 10.4 Å². The molecule has 1 amide bonds. The van der Waals surface area contributed by atoms with Crippen molar-refractivity contribution in [2.45, 2.75) is 6.54 Å². The van der Waals surface area contributed by atoms with Gasteiger partial charge in [0.2, 0.25) is 0 Å². The number of carbonyl (C=O) groups excluding carboxylic acids is 1. The number of amides is 1. The van der Waals surface area contributed by atoms with Gasteiger partial charge < -0.3 is 5.32 Å². The van der Waals surface area contributed by atoms with E-state index in [1.54, 1.807) is 17.1 Å². The highest BCUT2D eigenvalue weighted by Crippen LogP contribution is 2.03. The summed E-state index contributed by atoms with van der Waals surface area (Å²) in [5.74, 6) is -1.10. The van der Waals surface area contributed by atoms with Crippen LogP contribution in [0.15, 0.2) is 30.9 Å². The van der Waals surface area contributed by atoms with E-state index in [4.69, 9.17) is 0 Å². The van der Waals surface area contributed by atoms with Crippen LogP contribution in [-0.2, 0) is 6.54 Å². The Bertz CT molecular complexity index is 499. The molecule has 7 heteroatoms. The molecule has 17 heavy (non-hydrogen) atoms. The molecule has 0 atom stereocenters. The van der Waals surface area contributed by atoms with Crippen molar-refractivity contribution in [2.75, 3.05) is 6.54 Å². The highest BCUT2D eigenvalue weighted by Gasteiger charge is 2.10. The van der Waals surface area contributed by atoms with E-state index in [1.165, 1.54) is 12.3 Å². The second-order valence-corrected chi connectivity index (χ2v) is 3.28. The Labute approximate surface area is 96.5 Å². The predicted octanol–water partition coefficient (Wildman–Crippen LogP) is 0.242. The van der Waals surface area contributed by atoms with Gasteiger partial charge in [-0.2, -0.15) is 0 Å². The number of rotatable bonds is 4. The number of nitrogens with zero attached hydrogens (tertiary/aromatic N) is 4. The number of halogens is 1. The molecule has 0 fully saturated rings. The van der Waals surface area contributed by atoms with Gasteiger partial charge in [-0.3, -0.25) is 14.5 Å². The molecule has 0 aromatic carbocycles. The summed E-state index contributed by atoms with van der Waals surface area (Å²) < 4.78 is 14.8. The molecule has 1 N–H and O–H groups in total. The molecule has 0 aliphatic heterocycles. The second-order valence-electron chi connectivity index (χ2n) is 3.28. The van der Waals surface area contributed by atoms with Crippen LogP contribution < -0.4 is 5.32 Å². The molecule has 0 spiro atoms. The smallest absolute Gasteiger partial charge is 0.254 e. The third-order valence-electron chi connectivity index (χ3n) is 2.12. The summed E-state index contributed by atoms with van der Waals surface area (Å²) >= 11 is 0. The van der Waals surface area contributed by atoms with E-state index >= 15 is 0 Å². The van der Waals surface area contributed by atoms with Crippen LogP contribution in [0.3, 0.4) is 0 Å². The summed E-state index contributed by atoms with van der Waals surface area (Å²) in [6, 6.07) is 1.33. The van der Waals surface area contributed by atoms with Gasteiger partial charge in [-0.25, -0.2) is 4.39 Å². The van der Waals surface area contributed by atoms with Gasteiger partial charge in [0, 0.05) is 18.9 Å². The molecule has 0 aliphatic carbocycles. The van der Waals surface area contributed by atoms with Crippen molar-refractivity contribution < 1.29 is 9.18 Å². The molecular formula is C10H10FN5O. The SMILES string of the molecule is O=C(NCCn1ccnn1)c1ccncc1F. The van der Waals surface area contributed by atoms with Crippen LogP contribution in [0.4, 0.5) is 4.39 Å². The van der Waals surface area contributed by atoms with Crippen LogP contribution in [0.5, 0.6) is 0 Å². The summed E-state index contributed by atoms with van der Waals surface area (Å²) in [5, 5.41) is 9.94. The van der Waals surface area contributed by atoms with Gasteiger partial charge in [-0.15, -0.1) is 5.10 Å². The Balaban J connectivity index is 1.88. The van der Waals surface area contributed by atoms with Crippen molar-refractivity contribution in [3.63, 3.8) is 0 Å². The predicted molar refractivity (Wildman–Crippen MR) is 56.6 cm³/mol. The van der Waals surface area contributed by atoms with Crippen molar-refractivity contribution in [3.8, 4) is 0 Å². The molecule has 2 rings (SSSR count). The van der Waals surface area contributed by atoms with E-state index in [9.17, 15) is 9.18 Å². The first kappa shape index (κ1) is 11.2. The number of aromatic nitrogens is 4. The number of carbonyl (C=O) groups is 1. The van der Waals surface area contributed by atoms with E-state index in [0.29, 0.717) is 13.1 Å². The van der Waals surface area contributed by atoms with E-state index in [2.05, 4.69) is 20.6 Å². The number of hydrogen-bond donors (Lipinski definition) is 1. The van der Waals surface area contributed by atoms with E-state index in [0.717, 1.165) is 6.20 Å².